The first-order valence-corrected chi connectivity index (χ1v) is 8.36. The molecule has 0 aliphatic heterocycles. The molecule has 0 heterocycles. The van der Waals surface area contributed by atoms with Crippen molar-refractivity contribution in [3.8, 4) is 5.75 Å². The molecule has 0 spiro atoms. The Morgan fingerprint density at radius 1 is 1.09 bits per heavy atom. The fraction of sp³-hybridized carbons (Fsp3) is 0.684. The second kappa shape index (κ2) is 8.54. The van der Waals surface area contributed by atoms with Crippen molar-refractivity contribution in [3.63, 3.8) is 0 Å². The fourth-order valence-electron chi connectivity index (χ4n) is 2.74. The van der Waals surface area contributed by atoms with E-state index in [0.29, 0.717) is 18.9 Å². The summed E-state index contributed by atoms with van der Waals surface area (Å²) < 4.78 is 6.07. The van der Waals surface area contributed by atoms with Crippen LogP contribution in [0.4, 0.5) is 0 Å². The minimum atomic E-state index is -0.708. The molecule has 2 N–H and O–H groups in total. The van der Waals surface area contributed by atoms with Crippen molar-refractivity contribution in [2.24, 2.45) is 5.92 Å². The fourth-order valence-corrected chi connectivity index (χ4v) is 2.74. The predicted octanol–water partition coefficient (Wildman–Crippen LogP) is 3.96. The van der Waals surface area contributed by atoms with E-state index in [1.807, 2.05) is 0 Å². The van der Waals surface area contributed by atoms with E-state index < -0.39 is 12.2 Å². The number of benzene rings is 1. The van der Waals surface area contributed by atoms with Gasteiger partial charge in [0.25, 0.3) is 0 Å². The van der Waals surface area contributed by atoms with Crippen LogP contribution in [0, 0.1) is 19.8 Å². The van der Waals surface area contributed by atoms with Crippen molar-refractivity contribution in [3.05, 3.63) is 28.8 Å². The Kier molecular flexibility index (Phi) is 7.37. The summed E-state index contributed by atoms with van der Waals surface area (Å²) in [7, 11) is 0. The average molecular weight is 308 g/mol. The standard InChI is InChI=1S/C19H32O3/c1-7-16(10-18(21)15(6)20)17-9-13(4)8-14(5)19(17)22-11-12(2)3/h8-9,12,15-16,18,20-21H,7,10-11H2,1-6H3. The molecule has 3 unspecified atom stereocenters. The van der Waals surface area contributed by atoms with Gasteiger partial charge < -0.3 is 14.9 Å². The highest BCUT2D eigenvalue weighted by molar-refractivity contribution is 5.46. The molecule has 1 rings (SSSR count). The maximum Gasteiger partial charge on any atom is 0.125 e. The minimum Gasteiger partial charge on any atom is -0.493 e. The highest BCUT2D eigenvalue weighted by Crippen LogP contribution is 2.36. The van der Waals surface area contributed by atoms with Gasteiger partial charge in [-0.25, -0.2) is 0 Å². The SMILES string of the molecule is CCC(CC(O)C(C)O)c1cc(C)cc(C)c1OCC(C)C. The molecular weight excluding hydrogens is 276 g/mol. The zero-order chi connectivity index (χ0) is 16.9. The first-order valence-electron chi connectivity index (χ1n) is 8.36. The first-order chi connectivity index (χ1) is 10.3. The number of hydrogen-bond donors (Lipinski definition) is 2. The molecule has 0 radical (unpaired) electrons. The highest BCUT2D eigenvalue weighted by Gasteiger charge is 2.22. The largest absolute Gasteiger partial charge is 0.493 e. The van der Waals surface area contributed by atoms with Crippen LogP contribution in [0.15, 0.2) is 12.1 Å². The Labute approximate surface area is 135 Å². The second-order valence-electron chi connectivity index (χ2n) is 6.85. The summed E-state index contributed by atoms with van der Waals surface area (Å²) in [5.74, 6) is 1.60. The van der Waals surface area contributed by atoms with Gasteiger partial charge >= 0.3 is 0 Å². The van der Waals surface area contributed by atoms with Crippen LogP contribution in [0.5, 0.6) is 5.75 Å². The molecule has 0 aromatic heterocycles. The lowest BCUT2D eigenvalue weighted by Crippen LogP contribution is -2.25. The summed E-state index contributed by atoms with van der Waals surface area (Å²) in [5.41, 5.74) is 3.50. The molecule has 0 aliphatic carbocycles. The van der Waals surface area contributed by atoms with Crippen LogP contribution in [-0.4, -0.2) is 29.0 Å². The predicted molar refractivity (Wildman–Crippen MR) is 91.6 cm³/mol. The molecule has 0 saturated heterocycles. The molecule has 3 atom stereocenters. The highest BCUT2D eigenvalue weighted by atomic mass is 16.5. The van der Waals surface area contributed by atoms with Gasteiger partial charge in [-0.1, -0.05) is 38.5 Å². The topological polar surface area (TPSA) is 49.7 Å². The molecule has 0 saturated carbocycles. The van der Waals surface area contributed by atoms with Gasteiger partial charge in [0.15, 0.2) is 0 Å². The quantitative estimate of drug-likeness (QED) is 0.764. The van der Waals surface area contributed by atoms with Gasteiger partial charge in [-0.05, 0) is 56.6 Å². The van der Waals surface area contributed by atoms with E-state index >= 15 is 0 Å². The summed E-state index contributed by atoms with van der Waals surface area (Å²) in [4.78, 5) is 0. The van der Waals surface area contributed by atoms with Gasteiger partial charge in [0.05, 0.1) is 18.8 Å². The van der Waals surface area contributed by atoms with Gasteiger partial charge in [-0.15, -0.1) is 0 Å². The summed E-state index contributed by atoms with van der Waals surface area (Å²) in [6.07, 6.45) is 0.0449. The monoisotopic (exact) mass is 308 g/mol. The molecule has 3 nitrogen and oxygen atoms in total. The van der Waals surface area contributed by atoms with E-state index in [4.69, 9.17) is 4.74 Å². The van der Waals surface area contributed by atoms with Gasteiger partial charge in [-0.2, -0.15) is 0 Å². The van der Waals surface area contributed by atoms with Crippen LogP contribution in [0.3, 0.4) is 0 Å². The van der Waals surface area contributed by atoms with Crippen molar-refractivity contribution in [1.29, 1.82) is 0 Å². The van der Waals surface area contributed by atoms with Gasteiger partial charge in [0.1, 0.15) is 5.75 Å². The van der Waals surface area contributed by atoms with Crippen molar-refractivity contribution in [1.82, 2.24) is 0 Å². The van der Waals surface area contributed by atoms with Gasteiger partial charge in [0.2, 0.25) is 0 Å². The lowest BCUT2D eigenvalue weighted by atomic mass is 9.87. The molecular formula is C19H32O3. The van der Waals surface area contributed by atoms with Crippen molar-refractivity contribution in [2.75, 3.05) is 6.61 Å². The van der Waals surface area contributed by atoms with Crippen molar-refractivity contribution in [2.45, 2.75) is 72.5 Å². The molecule has 0 amide bonds. The molecule has 0 aliphatic rings. The number of rotatable bonds is 8. The summed E-state index contributed by atoms with van der Waals surface area (Å²) >= 11 is 0. The van der Waals surface area contributed by atoms with E-state index in [9.17, 15) is 10.2 Å². The average Bonchev–Trinajstić information content (AvgIpc) is 2.42. The van der Waals surface area contributed by atoms with E-state index in [0.717, 1.165) is 23.3 Å². The minimum absolute atomic E-state index is 0.186. The van der Waals surface area contributed by atoms with E-state index in [2.05, 4.69) is 46.8 Å². The molecule has 126 valence electrons. The second-order valence-corrected chi connectivity index (χ2v) is 6.85. The van der Waals surface area contributed by atoms with Crippen LogP contribution in [-0.2, 0) is 0 Å². The van der Waals surface area contributed by atoms with Crippen LogP contribution in [0.25, 0.3) is 0 Å². The van der Waals surface area contributed by atoms with Crippen LogP contribution in [0.2, 0.25) is 0 Å². The number of hydrogen-bond acceptors (Lipinski definition) is 3. The van der Waals surface area contributed by atoms with Crippen LogP contribution >= 0.6 is 0 Å². The van der Waals surface area contributed by atoms with E-state index in [-0.39, 0.29) is 5.92 Å². The van der Waals surface area contributed by atoms with Gasteiger partial charge in [-0.3, -0.25) is 0 Å². The zero-order valence-corrected chi connectivity index (χ0v) is 14.9. The third kappa shape index (κ3) is 5.29. The van der Waals surface area contributed by atoms with Crippen LogP contribution < -0.4 is 4.74 Å². The Balaban J connectivity index is 3.12. The number of aryl methyl sites for hydroxylation is 2. The lowest BCUT2D eigenvalue weighted by Gasteiger charge is -2.25. The number of aliphatic hydroxyl groups excluding tert-OH is 2. The maximum absolute atomic E-state index is 10.0. The normalized spacial score (nSPS) is 15.7. The van der Waals surface area contributed by atoms with Crippen molar-refractivity contribution < 1.29 is 14.9 Å². The molecule has 3 heteroatoms. The first kappa shape index (κ1) is 19.0. The smallest absolute Gasteiger partial charge is 0.125 e. The molecule has 0 fully saturated rings. The summed E-state index contributed by atoms with van der Waals surface area (Å²) in [6.45, 7) is 12.9. The van der Waals surface area contributed by atoms with Crippen molar-refractivity contribution >= 4 is 0 Å². The third-order valence-corrected chi connectivity index (χ3v) is 4.02. The number of ether oxygens (including phenoxy) is 1. The zero-order valence-electron chi connectivity index (χ0n) is 14.9. The number of aliphatic hydroxyl groups is 2. The Hall–Kier alpha value is -1.06. The third-order valence-electron chi connectivity index (χ3n) is 4.02. The van der Waals surface area contributed by atoms with E-state index in [1.165, 1.54) is 5.56 Å². The van der Waals surface area contributed by atoms with E-state index in [1.54, 1.807) is 6.92 Å². The Morgan fingerprint density at radius 3 is 2.23 bits per heavy atom. The molecule has 1 aromatic carbocycles. The Morgan fingerprint density at radius 2 is 1.73 bits per heavy atom. The maximum atomic E-state index is 10.0. The summed E-state index contributed by atoms with van der Waals surface area (Å²) in [6, 6.07) is 4.29. The molecule has 1 aromatic rings. The molecule has 22 heavy (non-hydrogen) atoms. The molecule has 0 bridgehead atoms. The van der Waals surface area contributed by atoms with Gasteiger partial charge in [0, 0.05) is 0 Å². The van der Waals surface area contributed by atoms with Crippen LogP contribution in [0.1, 0.15) is 63.1 Å². The summed E-state index contributed by atoms with van der Waals surface area (Å²) in [5, 5.41) is 19.6. The lowest BCUT2D eigenvalue weighted by molar-refractivity contribution is 0.0213. The Bertz CT molecular complexity index is 466.